The highest BCUT2D eigenvalue weighted by atomic mass is 16.3. The van der Waals surface area contributed by atoms with Crippen LogP contribution in [0.2, 0.25) is 0 Å². The third kappa shape index (κ3) is 4.41. The van der Waals surface area contributed by atoms with E-state index in [1.165, 1.54) is 6.42 Å². The lowest BCUT2D eigenvalue weighted by atomic mass is 9.91. The summed E-state index contributed by atoms with van der Waals surface area (Å²) in [5.41, 5.74) is 0. The minimum absolute atomic E-state index is 0.100. The lowest BCUT2D eigenvalue weighted by molar-refractivity contribution is 0.0935. The molecule has 1 N–H and O–H groups in total. The van der Waals surface area contributed by atoms with Gasteiger partial charge in [-0.1, -0.05) is 33.6 Å². The molecule has 0 bridgehead atoms. The van der Waals surface area contributed by atoms with Gasteiger partial charge in [0.2, 0.25) is 0 Å². The quantitative estimate of drug-likeness (QED) is 0.628. The monoisotopic (exact) mass is 157 g/mol. The Morgan fingerprint density at radius 1 is 1.27 bits per heavy atom. The van der Waals surface area contributed by atoms with E-state index in [1.54, 1.807) is 0 Å². The van der Waals surface area contributed by atoms with Gasteiger partial charge in [0.15, 0.2) is 0 Å². The molecule has 0 saturated carbocycles. The summed E-state index contributed by atoms with van der Waals surface area (Å²) in [7, 11) is 0. The van der Waals surface area contributed by atoms with Crippen molar-refractivity contribution in [2.75, 3.05) is 0 Å². The van der Waals surface area contributed by atoms with Crippen LogP contribution in [-0.2, 0) is 0 Å². The molecule has 0 fully saturated rings. The van der Waals surface area contributed by atoms with Crippen LogP contribution in [0.3, 0.4) is 0 Å². The molecule has 0 aliphatic rings. The third-order valence-corrected chi connectivity index (χ3v) is 2.20. The number of aliphatic hydroxyl groups is 1. The van der Waals surface area contributed by atoms with Crippen LogP contribution in [-0.4, -0.2) is 11.2 Å². The summed E-state index contributed by atoms with van der Waals surface area (Å²) in [6, 6.07) is 0. The first-order valence-electron chi connectivity index (χ1n) is 4.73. The van der Waals surface area contributed by atoms with Crippen LogP contribution < -0.4 is 0 Å². The Balaban J connectivity index is 3.66. The molecular weight excluding hydrogens is 136 g/mol. The average molecular weight is 157 g/mol. The molecule has 1 heteroatoms. The van der Waals surface area contributed by atoms with Crippen molar-refractivity contribution in [3.8, 4) is 0 Å². The summed E-state index contributed by atoms with van der Waals surface area (Å²) in [6.07, 6.45) is 5.11. The smallest absolute Gasteiger partial charge is 0.0565 e. The fourth-order valence-corrected chi connectivity index (χ4v) is 1.50. The highest BCUT2D eigenvalue weighted by molar-refractivity contribution is 4.67. The normalized spacial score (nSPS) is 13.9. The number of aliphatic hydroxyl groups excluding tert-OH is 1. The fraction of sp³-hybridized carbons (Fsp3) is 0.900. The molecule has 11 heavy (non-hydrogen) atoms. The van der Waals surface area contributed by atoms with Crippen LogP contribution in [0, 0.1) is 12.8 Å². The highest BCUT2D eigenvalue weighted by Gasteiger charge is 2.14. The van der Waals surface area contributed by atoms with Crippen molar-refractivity contribution >= 4 is 0 Å². The highest BCUT2D eigenvalue weighted by Crippen LogP contribution is 2.19. The number of rotatable bonds is 6. The van der Waals surface area contributed by atoms with Gasteiger partial charge in [0.05, 0.1) is 6.10 Å². The fourth-order valence-electron chi connectivity index (χ4n) is 1.50. The lowest BCUT2D eigenvalue weighted by Gasteiger charge is -2.20. The zero-order valence-corrected chi connectivity index (χ0v) is 7.84. The van der Waals surface area contributed by atoms with Crippen molar-refractivity contribution in [1.29, 1.82) is 0 Å². The maximum atomic E-state index is 9.55. The standard InChI is InChI=1S/C10H21O/c1-4-7-9(8-5-2)10(11)6-3/h9-11H,1,4-8H2,2-3H3. The second kappa shape index (κ2) is 6.66. The zero-order chi connectivity index (χ0) is 8.69. The predicted octanol–water partition coefficient (Wildman–Crippen LogP) is 2.79. The van der Waals surface area contributed by atoms with E-state index in [2.05, 4.69) is 13.8 Å². The van der Waals surface area contributed by atoms with E-state index < -0.39 is 0 Å². The minimum atomic E-state index is -0.100. The van der Waals surface area contributed by atoms with Crippen LogP contribution in [0.4, 0.5) is 0 Å². The number of hydrogen-bond donors (Lipinski definition) is 1. The Labute approximate surface area is 70.8 Å². The second-order valence-corrected chi connectivity index (χ2v) is 3.17. The van der Waals surface area contributed by atoms with Crippen molar-refractivity contribution in [2.24, 2.45) is 5.92 Å². The molecular formula is C10H21O. The minimum Gasteiger partial charge on any atom is -0.393 e. The second-order valence-electron chi connectivity index (χ2n) is 3.17. The van der Waals surface area contributed by atoms with Crippen LogP contribution in [0.25, 0.3) is 0 Å². The Hall–Kier alpha value is -0.0400. The molecule has 0 rings (SSSR count). The molecule has 0 aromatic heterocycles. The van der Waals surface area contributed by atoms with Crippen molar-refractivity contribution in [3.63, 3.8) is 0 Å². The largest absolute Gasteiger partial charge is 0.393 e. The molecule has 67 valence electrons. The van der Waals surface area contributed by atoms with Crippen molar-refractivity contribution in [3.05, 3.63) is 6.92 Å². The molecule has 0 aromatic carbocycles. The summed E-state index contributed by atoms with van der Waals surface area (Å²) >= 11 is 0. The zero-order valence-electron chi connectivity index (χ0n) is 7.84. The first-order chi connectivity index (χ1) is 5.26. The predicted molar refractivity (Wildman–Crippen MR) is 49.3 cm³/mol. The van der Waals surface area contributed by atoms with Crippen molar-refractivity contribution in [1.82, 2.24) is 0 Å². The first-order valence-corrected chi connectivity index (χ1v) is 4.73. The molecule has 1 nitrogen and oxygen atoms in total. The molecule has 0 heterocycles. The molecule has 0 saturated heterocycles. The molecule has 2 atom stereocenters. The SMILES string of the molecule is [CH2]CCC(CCC)C(O)CC. The summed E-state index contributed by atoms with van der Waals surface area (Å²) in [5.74, 6) is 0.488. The maximum absolute atomic E-state index is 9.55. The summed E-state index contributed by atoms with van der Waals surface area (Å²) in [6.45, 7) is 8.02. The molecule has 0 spiro atoms. The van der Waals surface area contributed by atoms with E-state index in [4.69, 9.17) is 0 Å². The first kappa shape index (κ1) is 11.0. The van der Waals surface area contributed by atoms with E-state index in [9.17, 15) is 5.11 Å². The topological polar surface area (TPSA) is 20.2 Å². The van der Waals surface area contributed by atoms with E-state index in [1.807, 2.05) is 6.92 Å². The molecule has 0 aromatic rings. The van der Waals surface area contributed by atoms with Crippen LogP contribution in [0.15, 0.2) is 0 Å². The van der Waals surface area contributed by atoms with Gasteiger partial charge in [-0.05, 0) is 25.2 Å². The molecule has 2 unspecified atom stereocenters. The van der Waals surface area contributed by atoms with Gasteiger partial charge in [-0.3, -0.25) is 0 Å². The summed E-state index contributed by atoms with van der Waals surface area (Å²) in [5, 5.41) is 9.55. The van der Waals surface area contributed by atoms with Crippen LogP contribution >= 0.6 is 0 Å². The Morgan fingerprint density at radius 3 is 2.27 bits per heavy atom. The van der Waals surface area contributed by atoms with E-state index in [0.29, 0.717) is 5.92 Å². The average Bonchev–Trinajstić information content (AvgIpc) is 2.03. The Bertz CT molecular complexity index is 74.9. The van der Waals surface area contributed by atoms with Gasteiger partial charge in [-0.15, -0.1) is 0 Å². The Kier molecular flexibility index (Phi) is 6.63. The molecule has 1 radical (unpaired) electrons. The lowest BCUT2D eigenvalue weighted by Crippen LogP contribution is -2.19. The maximum Gasteiger partial charge on any atom is 0.0565 e. The molecule has 0 aliphatic carbocycles. The molecule has 0 amide bonds. The van der Waals surface area contributed by atoms with Gasteiger partial charge in [0.1, 0.15) is 0 Å². The van der Waals surface area contributed by atoms with Crippen LogP contribution in [0.1, 0.15) is 46.0 Å². The van der Waals surface area contributed by atoms with Gasteiger partial charge >= 0.3 is 0 Å². The third-order valence-electron chi connectivity index (χ3n) is 2.20. The summed E-state index contributed by atoms with van der Waals surface area (Å²) < 4.78 is 0. The van der Waals surface area contributed by atoms with E-state index in [-0.39, 0.29) is 6.10 Å². The van der Waals surface area contributed by atoms with Gasteiger partial charge in [-0.2, -0.15) is 0 Å². The van der Waals surface area contributed by atoms with Crippen molar-refractivity contribution in [2.45, 2.75) is 52.1 Å². The van der Waals surface area contributed by atoms with Crippen molar-refractivity contribution < 1.29 is 5.11 Å². The van der Waals surface area contributed by atoms with Crippen LogP contribution in [0.5, 0.6) is 0 Å². The molecule has 0 aliphatic heterocycles. The number of hydrogen-bond acceptors (Lipinski definition) is 1. The van der Waals surface area contributed by atoms with Gasteiger partial charge < -0.3 is 5.11 Å². The van der Waals surface area contributed by atoms with Gasteiger partial charge in [-0.25, -0.2) is 0 Å². The van der Waals surface area contributed by atoms with E-state index >= 15 is 0 Å². The van der Waals surface area contributed by atoms with Gasteiger partial charge in [0, 0.05) is 0 Å². The van der Waals surface area contributed by atoms with Gasteiger partial charge in [0.25, 0.3) is 0 Å². The summed E-state index contributed by atoms with van der Waals surface area (Å²) in [4.78, 5) is 0. The van der Waals surface area contributed by atoms with E-state index in [0.717, 1.165) is 25.7 Å². The Morgan fingerprint density at radius 2 is 1.91 bits per heavy atom.